The second-order valence-electron chi connectivity index (χ2n) is 4.96. The highest BCUT2D eigenvalue weighted by atomic mass is 16.5. The lowest BCUT2D eigenvalue weighted by molar-refractivity contribution is 0.122. The monoisotopic (exact) mass is 299 g/mol. The predicted molar refractivity (Wildman–Crippen MR) is 83.5 cm³/mol. The summed E-state index contributed by atoms with van der Waals surface area (Å²) in [5.41, 5.74) is 0.994. The molecule has 1 aromatic heterocycles. The van der Waals surface area contributed by atoms with Crippen molar-refractivity contribution in [3.8, 4) is 0 Å². The van der Waals surface area contributed by atoms with E-state index < -0.39 is 0 Å². The summed E-state index contributed by atoms with van der Waals surface area (Å²) in [6.45, 7) is 3.30. The van der Waals surface area contributed by atoms with Crippen LogP contribution in [0.25, 0.3) is 0 Å². The van der Waals surface area contributed by atoms with Crippen molar-refractivity contribution < 1.29 is 4.74 Å². The lowest BCUT2D eigenvalue weighted by atomic mass is 10.2. The van der Waals surface area contributed by atoms with Gasteiger partial charge < -0.3 is 9.64 Å². The maximum atomic E-state index is 11.2. The molecule has 0 atom stereocenters. The van der Waals surface area contributed by atoms with Crippen LogP contribution in [0.4, 0.5) is 11.6 Å². The van der Waals surface area contributed by atoms with E-state index in [9.17, 15) is 4.91 Å². The molecular formula is C15H17N5O2. The second-order valence-corrected chi connectivity index (χ2v) is 4.96. The lowest BCUT2D eigenvalue weighted by Gasteiger charge is -2.28. The molecule has 1 aliphatic heterocycles. The quantitative estimate of drug-likeness (QED) is 0.621. The summed E-state index contributed by atoms with van der Waals surface area (Å²) in [6.07, 6.45) is 1.46. The summed E-state index contributed by atoms with van der Waals surface area (Å²) >= 11 is 0. The normalized spacial score (nSPS) is 14.6. The zero-order chi connectivity index (χ0) is 15.2. The number of ether oxygens (including phenoxy) is 1. The molecule has 0 saturated carbocycles. The van der Waals surface area contributed by atoms with Gasteiger partial charge in [-0.3, -0.25) is 0 Å². The van der Waals surface area contributed by atoms with Crippen molar-refractivity contribution in [3.05, 3.63) is 53.2 Å². The maximum absolute atomic E-state index is 11.2. The lowest BCUT2D eigenvalue weighted by Crippen LogP contribution is -2.36. The summed E-state index contributed by atoms with van der Waals surface area (Å²) in [6, 6.07) is 11.5. The molecule has 0 unspecified atom stereocenters. The van der Waals surface area contributed by atoms with Gasteiger partial charge in [-0.25, -0.2) is 15.0 Å². The van der Waals surface area contributed by atoms with E-state index >= 15 is 0 Å². The first-order valence-electron chi connectivity index (χ1n) is 7.16. The molecule has 7 nitrogen and oxygen atoms in total. The minimum Gasteiger partial charge on any atom is -0.378 e. The Kier molecular flexibility index (Phi) is 4.55. The van der Waals surface area contributed by atoms with Gasteiger partial charge in [0.15, 0.2) is 5.82 Å². The number of rotatable bonds is 5. The zero-order valence-corrected chi connectivity index (χ0v) is 12.1. The number of nitrogens with zero attached hydrogens (tertiary/aromatic N) is 5. The van der Waals surface area contributed by atoms with Gasteiger partial charge in [0, 0.05) is 19.2 Å². The highest BCUT2D eigenvalue weighted by Crippen LogP contribution is 2.20. The van der Waals surface area contributed by atoms with Crippen molar-refractivity contribution in [2.75, 3.05) is 36.2 Å². The van der Waals surface area contributed by atoms with E-state index in [1.54, 1.807) is 6.07 Å². The highest BCUT2D eigenvalue weighted by Gasteiger charge is 2.16. The molecule has 3 rings (SSSR count). The van der Waals surface area contributed by atoms with Gasteiger partial charge >= 0.3 is 0 Å². The first-order chi connectivity index (χ1) is 10.9. The number of benzene rings is 1. The summed E-state index contributed by atoms with van der Waals surface area (Å²) in [4.78, 5) is 21.7. The Balaban J connectivity index is 1.78. The van der Waals surface area contributed by atoms with Gasteiger partial charge in [0.1, 0.15) is 12.1 Å². The largest absolute Gasteiger partial charge is 0.378 e. The zero-order valence-electron chi connectivity index (χ0n) is 12.1. The Hall–Kier alpha value is -2.54. The first-order valence-corrected chi connectivity index (χ1v) is 7.16. The number of hydrogen-bond acceptors (Lipinski definition) is 6. The number of nitroso groups, excluding NO2 is 1. The maximum Gasteiger partial charge on any atom is 0.157 e. The fourth-order valence-electron chi connectivity index (χ4n) is 2.35. The SMILES string of the molecule is O=NN(Cc1ccccc1)c1cc(N2CCOCC2)ncn1. The van der Waals surface area contributed by atoms with Gasteiger partial charge in [-0.15, -0.1) is 4.91 Å². The molecule has 1 fully saturated rings. The number of morpholine rings is 1. The van der Waals surface area contributed by atoms with Crippen LogP contribution in [0.15, 0.2) is 48.0 Å². The van der Waals surface area contributed by atoms with Crippen LogP contribution >= 0.6 is 0 Å². The Morgan fingerprint density at radius 1 is 1.18 bits per heavy atom. The molecule has 7 heteroatoms. The Morgan fingerprint density at radius 2 is 1.95 bits per heavy atom. The smallest absolute Gasteiger partial charge is 0.157 e. The van der Waals surface area contributed by atoms with E-state index in [4.69, 9.17) is 4.74 Å². The van der Waals surface area contributed by atoms with E-state index in [0.29, 0.717) is 25.6 Å². The van der Waals surface area contributed by atoms with E-state index in [2.05, 4.69) is 20.2 Å². The molecule has 2 heterocycles. The van der Waals surface area contributed by atoms with E-state index in [0.717, 1.165) is 24.5 Å². The van der Waals surface area contributed by atoms with E-state index in [1.807, 2.05) is 30.3 Å². The van der Waals surface area contributed by atoms with Crippen molar-refractivity contribution >= 4 is 11.6 Å². The minimum atomic E-state index is 0.379. The van der Waals surface area contributed by atoms with Crippen molar-refractivity contribution in [1.29, 1.82) is 0 Å². The molecule has 2 aromatic rings. The molecule has 0 aliphatic carbocycles. The molecule has 0 N–H and O–H groups in total. The molecule has 0 bridgehead atoms. The van der Waals surface area contributed by atoms with Crippen molar-refractivity contribution in [2.24, 2.45) is 5.29 Å². The molecular weight excluding hydrogens is 282 g/mol. The first kappa shape index (κ1) is 14.4. The summed E-state index contributed by atoms with van der Waals surface area (Å²) in [7, 11) is 0. The van der Waals surface area contributed by atoms with Gasteiger partial charge in [0.2, 0.25) is 0 Å². The molecule has 0 radical (unpaired) electrons. The Bertz CT molecular complexity index is 616. The highest BCUT2D eigenvalue weighted by molar-refractivity contribution is 5.50. The van der Waals surface area contributed by atoms with Gasteiger partial charge in [-0.2, -0.15) is 0 Å². The summed E-state index contributed by atoms with van der Waals surface area (Å²) < 4.78 is 5.34. The van der Waals surface area contributed by atoms with Crippen LogP contribution in [0.2, 0.25) is 0 Å². The van der Waals surface area contributed by atoms with Crippen molar-refractivity contribution in [1.82, 2.24) is 9.97 Å². The third-order valence-corrected chi connectivity index (χ3v) is 3.51. The van der Waals surface area contributed by atoms with Crippen LogP contribution in [0, 0.1) is 4.91 Å². The Labute approximate surface area is 128 Å². The fraction of sp³-hybridized carbons (Fsp3) is 0.333. The molecule has 1 saturated heterocycles. The van der Waals surface area contributed by atoms with Crippen LogP contribution in [0.5, 0.6) is 0 Å². The van der Waals surface area contributed by atoms with Crippen LogP contribution < -0.4 is 9.91 Å². The molecule has 114 valence electrons. The molecule has 1 aliphatic rings. The topological polar surface area (TPSA) is 70.9 Å². The van der Waals surface area contributed by atoms with Gasteiger partial charge in [0.25, 0.3) is 0 Å². The summed E-state index contributed by atoms with van der Waals surface area (Å²) in [5, 5.41) is 4.42. The predicted octanol–water partition coefficient (Wildman–Crippen LogP) is 2.00. The average molecular weight is 299 g/mol. The van der Waals surface area contributed by atoms with Crippen LogP contribution in [-0.2, 0) is 11.3 Å². The van der Waals surface area contributed by atoms with Crippen molar-refractivity contribution in [3.63, 3.8) is 0 Å². The second kappa shape index (κ2) is 6.95. The van der Waals surface area contributed by atoms with Gasteiger partial charge in [-0.05, 0) is 5.56 Å². The average Bonchev–Trinajstić information content (AvgIpc) is 2.61. The van der Waals surface area contributed by atoms with E-state index in [-0.39, 0.29) is 0 Å². The molecule has 1 aromatic carbocycles. The van der Waals surface area contributed by atoms with E-state index in [1.165, 1.54) is 11.3 Å². The standard InChI is InChI=1S/C15H17N5O2/c21-18-20(11-13-4-2-1-3-5-13)15-10-14(16-12-17-15)19-6-8-22-9-7-19/h1-5,10,12H,6-9,11H2. The fourth-order valence-corrected chi connectivity index (χ4v) is 2.35. The third-order valence-electron chi connectivity index (χ3n) is 3.51. The van der Waals surface area contributed by atoms with Crippen LogP contribution in [0.1, 0.15) is 5.56 Å². The van der Waals surface area contributed by atoms with Crippen LogP contribution in [0.3, 0.4) is 0 Å². The Morgan fingerprint density at radius 3 is 2.68 bits per heavy atom. The van der Waals surface area contributed by atoms with Gasteiger partial charge in [-0.1, -0.05) is 30.3 Å². The number of anilines is 2. The van der Waals surface area contributed by atoms with Crippen LogP contribution in [-0.4, -0.2) is 36.3 Å². The van der Waals surface area contributed by atoms with Gasteiger partial charge in [0.05, 0.1) is 25.0 Å². The third kappa shape index (κ3) is 3.37. The summed E-state index contributed by atoms with van der Waals surface area (Å²) in [5.74, 6) is 1.28. The molecule has 0 spiro atoms. The number of aromatic nitrogens is 2. The number of hydrogen-bond donors (Lipinski definition) is 0. The minimum absolute atomic E-state index is 0.379. The molecule has 22 heavy (non-hydrogen) atoms. The molecule has 0 amide bonds. The van der Waals surface area contributed by atoms with Crippen molar-refractivity contribution in [2.45, 2.75) is 6.54 Å².